The molecule has 140 valence electrons. The van der Waals surface area contributed by atoms with Crippen molar-refractivity contribution in [3.05, 3.63) is 47.3 Å². The van der Waals surface area contributed by atoms with Crippen molar-refractivity contribution in [3.8, 4) is 0 Å². The molecule has 0 bridgehead atoms. The number of nitrogens with one attached hydrogen (secondary N) is 3. The Labute approximate surface area is 161 Å². The number of nitrogens with zero attached hydrogens (tertiary/aromatic N) is 2. The van der Waals surface area contributed by atoms with E-state index in [1.807, 2.05) is 0 Å². The minimum Gasteiger partial charge on any atom is -0.402 e. The first-order chi connectivity index (χ1) is 12.9. The maximum atomic E-state index is 11.2. The summed E-state index contributed by atoms with van der Waals surface area (Å²) in [5.41, 5.74) is 13.8. The third kappa shape index (κ3) is 5.42. The lowest BCUT2D eigenvalue weighted by Crippen LogP contribution is -2.14. The van der Waals surface area contributed by atoms with Crippen molar-refractivity contribution in [2.24, 2.45) is 22.4 Å². The number of aromatic nitrogens is 2. The predicted octanol–water partition coefficient (Wildman–Crippen LogP) is 2.49. The summed E-state index contributed by atoms with van der Waals surface area (Å²) in [7, 11) is 0. The van der Waals surface area contributed by atoms with Crippen LogP contribution in [0.4, 0.5) is 23.1 Å². The fraction of sp³-hybridized carbons (Fsp3) is 0.222. The van der Waals surface area contributed by atoms with Gasteiger partial charge in [0.15, 0.2) is 0 Å². The van der Waals surface area contributed by atoms with Crippen molar-refractivity contribution in [1.82, 2.24) is 4.98 Å². The second kappa shape index (κ2) is 8.05. The third-order valence-corrected chi connectivity index (χ3v) is 4.16. The van der Waals surface area contributed by atoms with Crippen LogP contribution in [0.2, 0.25) is 5.02 Å². The molecule has 1 aromatic heterocycles. The first-order valence-corrected chi connectivity index (χ1v) is 8.82. The Hall–Kier alpha value is -3.13. The molecule has 1 aromatic carbocycles. The van der Waals surface area contributed by atoms with Crippen molar-refractivity contribution in [2.75, 3.05) is 10.6 Å². The van der Waals surface area contributed by atoms with E-state index < -0.39 is 0 Å². The molecule has 0 radical (unpaired) electrons. The summed E-state index contributed by atoms with van der Waals surface area (Å²) in [6, 6.07) is 6.79. The van der Waals surface area contributed by atoms with E-state index in [1.54, 1.807) is 36.5 Å². The highest BCUT2D eigenvalue weighted by atomic mass is 35.5. The van der Waals surface area contributed by atoms with E-state index in [2.05, 4.69) is 25.6 Å². The summed E-state index contributed by atoms with van der Waals surface area (Å²) >= 11 is 6.21. The lowest BCUT2D eigenvalue weighted by molar-refractivity contribution is -0.364. The summed E-state index contributed by atoms with van der Waals surface area (Å²) < 4.78 is 0. The fourth-order valence-electron chi connectivity index (χ4n) is 2.41. The van der Waals surface area contributed by atoms with Gasteiger partial charge in [0.05, 0.1) is 11.2 Å². The van der Waals surface area contributed by atoms with E-state index in [0.717, 1.165) is 18.5 Å². The molecule has 0 saturated heterocycles. The summed E-state index contributed by atoms with van der Waals surface area (Å²) in [6.07, 6.45) is 5.55. The number of amidine groups is 1. The third-order valence-electron chi connectivity index (χ3n) is 3.83. The van der Waals surface area contributed by atoms with E-state index in [1.165, 1.54) is 6.92 Å². The minimum absolute atomic E-state index is 0.168. The largest absolute Gasteiger partial charge is 0.402 e. The zero-order valence-electron chi connectivity index (χ0n) is 14.8. The molecular weight excluding hydrogens is 366 g/mol. The van der Waals surface area contributed by atoms with Crippen LogP contribution in [0.3, 0.4) is 0 Å². The Morgan fingerprint density at radius 2 is 2.15 bits per heavy atom. The predicted molar refractivity (Wildman–Crippen MR) is 106 cm³/mol. The number of benzene rings is 1. The Morgan fingerprint density at radius 1 is 1.37 bits per heavy atom. The monoisotopic (exact) mass is 386 g/mol. The summed E-state index contributed by atoms with van der Waals surface area (Å²) in [6.45, 7) is 1.44. The van der Waals surface area contributed by atoms with Crippen molar-refractivity contribution >= 4 is 46.5 Å². The van der Waals surface area contributed by atoms with Gasteiger partial charge in [-0.15, -0.1) is 0 Å². The standard InChI is InChI=1S/C18H20ClN7O/c1-10(27)23-12-4-5-13(19)15(8-12)24-18-22-7-6-17(26-18)25-16(21)9-14(20)11-2-3-11/h4-9,11H,2-3,20H2,1H3,(H,23,27)(H3,21,22,24,25,26)/p+1/b14-9-. The van der Waals surface area contributed by atoms with Gasteiger partial charge in [-0.2, -0.15) is 4.99 Å². The zero-order valence-corrected chi connectivity index (χ0v) is 15.5. The molecule has 1 aliphatic carbocycles. The molecule has 0 unspecified atom stereocenters. The number of amides is 1. The Morgan fingerprint density at radius 3 is 2.85 bits per heavy atom. The molecule has 0 aliphatic heterocycles. The SMILES string of the molecule is CC(=O)Nc1ccc(Cl)c(Nc2nc(N=C(N)/C=C(\N)C3CC3)cc[nH+]2)c1. The Kier molecular flexibility index (Phi) is 5.56. The second-order valence-electron chi connectivity index (χ2n) is 6.25. The minimum atomic E-state index is -0.168. The number of hydrogen-bond donors (Lipinski definition) is 4. The van der Waals surface area contributed by atoms with Gasteiger partial charge < -0.3 is 16.8 Å². The highest BCUT2D eigenvalue weighted by molar-refractivity contribution is 6.33. The van der Waals surface area contributed by atoms with Crippen molar-refractivity contribution in [3.63, 3.8) is 0 Å². The van der Waals surface area contributed by atoms with Crippen LogP contribution in [0.5, 0.6) is 0 Å². The smallest absolute Gasteiger partial charge is 0.396 e. The molecule has 9 heteroatoms. The maximum absolute atomic E-state index is 11.2. The van der Waals surface area contributed by atoms with Crippen molar-refractivity contribution in [2.45, 2.75) is 19.8 Å². The molecule has 2 aromatic rings. The number of H-pyrrole nitrogens is 1. The van der Waals surface area contributed by atoms with Gasteiger partial charge in [-0.1, -0.05) is 16.6 Å². The van der Waals surface area contributed by atoms with E-state index in [4.69, 9.17) is 23.1 Å². The van der Waals surface area contributed by atoms with E-state index >= 15 is 0 Å². The number of rotatable bonds is 6. The number of aromatic amines is 1. The van der Waals surface area contributed by atoms with Gasteiger partial charge in [-0.05, 0) is 37.0 Å². The number of anilines is 3. The normalized spacial score (nSPS) is 14.7. The number of allylic oxidation sites excluding steroid dienone is 1. The number of aliphatic imine (C=N–C) groups is 1. The average molecular weight is 387 g/mol. The van der Waals surface area contributed by atoms with Crippen LogP contribution in [-0.2, 0) is 4.79 Å². The zero-order chi connectivity index (χ0) is 19.4. The molecule has 7 N–H and O–H groups in total. The van der Waals surface area contributed by atoms with Crippen LogP contribution in [0, 0.1) is 5.92 Å². The maximum Gasteiger partial charge on any atom is 0.396 e. The molecule has 1 fully saturated rings. The number of hydrogen-bond acceptors (Lipinski definition) is 5. The molecule has 1 saturated carbocycles. The molecule has 1 heterocycles. The molecule has 0 atom stereocenters. The molecule has 1 amide bonds. The van der Waals surface area contributed by atoms with Gasteiger partial charge in [0, 0.05) is 30.4 Å². The van der Waals surface area contributed by atoms with Gasteiger partial charge in [0.2, 0.25) is 11.7 Å². The van der Waals surface area contributed by atoms with E-state index in [0.29, 0.717) is 39.9 Å². The van der Waals surface area contributed by atoms with Crippen LogP contribution >= 0.6 is 11.6 Å². The van der Waals surface area contributed by atoms with Crippen molar-refractivity contribution < 1.29 is 9.78 Å². The number of halogens is 1. The topological polar surface area (TPSA) is 133 Å². The number of nitrogens with two attached hydrogens (primary N) is 2. The molecule has 27 heavy (non-hydrogen) atoms. The highest BCUT2D eigenvalue weighted by Gasteiger charge is 2.24. The van der Waals surface area contributed by atoms with Gasteiger partial charge in [0.1, 0.15) is 11.5 Å². The average Bonchev–Trinajstić information content (AvgIpc) is 3.42. The van der Waals surface area contributed by atoms with Gasteiger partial charge in [-0.25, -0.2) is 10.3 Å². The van der Waals surface area contributed by atoms with Gasteiger partial charge in [0.25, 0.3) is 0 Å². The molecule has 1 aliphatic rings. The summed E-state index contributed by atoms with van der Waals surface area (Å²) in [4.78, 5) is 22.8. The van der Waals surface area contributed by atoms with Crippen molar-refractivity contribution in [1.29, 1.82) is 0 Å². The molecular formula is C18H21ClN7O+. The van der Waals surface area contributed by atoms with Crippen LogP contribution in [0.25, 0.3) is 0 Å². The lowest BCUT2D eigenvalue weighted by atomic mass is 10.2. The second-order valence-corrected chi connectivity index (χ2v) is 6.66. The Bertz CT molecular complexity index is 922. The fourth-order valence-corrected chi connectivity index (χ4v) is 2.57. The molecule has 8 nitrogen and oxygen atoms in total. The molecule has 3 rings (SSSR count). The molecule has 0 spiro atoms. The summed E-state index contributed by atoms with van der Waals surface area (Å²) in [5, 5.41) is 6.25. The van der Waals surface area contributed by atoms with Gasteiger partial charge >= 0.3 is 5.95 Å². The van der Waals surface area contributed by atoms with E-state index in [-0.39, 0.29) is 5.91 Å². The number of carbonyl (C=O) groups is 1. The van der Waals surface area contributed by atoms with E-state index in [9.17, 15) is 4.79 Å². The first-order valence-electron chi connectivity index (χ1n) is 8.45. The van der Waals surface area contributed by atoms with Crippen LogP contribution in [-0.4, -0.2) is 16.7 Å². The van der Waals surface area contributed by atoms with Gasteiger partial charge in [-0.3, -0.25) is 4.79 Å². The summed E-state index contributed by atoms with van der Waals surface area (Å²) in [5.74, 6) is 1.40. The number of carbonyl (C=O) groups excluding carboxylic acids is 1. The van der Waals surface area contributed by atoms with Crippen LogP contribution < -0.4 is 27.1 Å². The lowest BCUT2D eigenvalue weighted by Gasteiger charge is -2.06. The highest BCUT2D eigenvalue weighted by Crippen LogP contribution is 2.33. The Balaban J connectivity index is 1.78. The quantitative estimate of drug-likeness (QED) is 0.447. The first kappa shape index (κ1) is 18.7. The van der Waals surface area contributed by atoms with Crippen LogP contribution in [0.1, 0.15) is 19.8 Å². The van der Waals surface area contributed by atoms with Crippen LogP contribution in [0.15, 0.2) is 47.2 Å².